The SMILES string of the molecule is CC(C)Oc1ccccc1NC(=O)C1(C)COCC1N. The molecule has 3 N–H and O–H groups in total. The number of carbonyl (C=O) groups is 1. The lowest BCUT2D eigenvalue weighted by atomic mass is 9.85. The van der Waals surface area contributed by atoms with Crippen molar-refractivity contribution >= 4 is 11.6 Å². The Morgan fingerprint density at radius 1 is 1.50 bits per heavy atom. The van der Waals surface area contributed by atoms with Crippen molar-refractivity contribution in [1.82, 2.24) is 0 Å². The summed E-state index contributed by atoms with van der Waals surface area (Å²) in [5.41, 5.74) is 5.92. The molecule has 1 saturated heterocycles. The molecule has 5 heteroatoms. The number of para-hydroxylation sites is 2. The van der Waals surface area contributed by atoms with E-state index in [4.69, 9.17) is 15.2 Å². The zero-order valence-corrected chi connectivity index (χ0v) is 12.2. The minimum Gasteiger partial charge on any atom is -0.489 e. The van der Waals surface area contributed by atoms with Crippen LogP contribution in [0, 0.1) is 5.41 Å². The van der Waals surface area contributed by atoms with E-state index in [0.29, 0.717) is 24.7 Å². The standard InChI is InChI=1S/C15H22N2O3/c1-10(2)20-12-7-5-4-6-11(12)17-14(18)15(3)9-19-8-13(15)16/h4-7,10,13H,8-9,16H2,1-3H3,(H,17,18). The molecule has 0 bridgehead atoms. The van der Waals surface area contributed by atoms with Crippen LogP contribution in [0.15, 0.2) is 24.3 Å². The first kappa shape index (κ1) is 14.8. The predicted octanol–water partition coefficient (Wildman–Crippen LogP) is 1.78. The Hall–Kier alpha value is -1.59. The van der Waals surface area contributed by atoms with Crippen LogP contribution >= 0.6 is 0 Å². The van der Waals surface area contributed by atoms with Crippen molar-refractivity contribution in [3.8, 4) is 5.75 Å². The van der Waals surface area contributed by atoms with E-state index in [1.165, 1.54) is 0 Å². The fraction of sp³-hybridized carbons (Fsp3) is 0.533. The van der Waals surface area contributed by atoms with Crippen molar-refractivity contribution in [2.75, 3.05) is 18.5 Å². The van der Waals surface area contributed by atoms with Crippen molar-refractivity contribution in [3.63, 3.8) is 0 Å². The molecule has 0 aromatic heterocycles. The van der Waals surface area contributed by atoms with Gasteiger partial charge < -0.3 is 20.5 Å². The molecule has 1 aliphatic heterocycles. The van der Waals surface area contributed by atoms with Gasteiger partial charge in [0.05, 0.1) is 30.4 Å². The van der Waals surface area contributed by atoms with Crippen molar-refractivity contribution in [2.24, 2.45) is 11.1 Å². The van der Waals surface area contributed by atoms with Crippen molar-refractivity contribution in [2.45, 2.75) is 32.9 Å². The number of rotatable bonds is 4. The van der Waals surface area contributed by atoms with Gasteiger partial charge in [-0.05, 0) is 32.9 Å². The Morgan fingerprint density at radius 2 is 2.20 bits per heavy atom. The third-order valence-corrected chi connectivity index (χ3v) is 3.53. The Balaban J connectivity index is 2.16. The van der Waals surface area contributed by atoms with E-state index in [0.717, 1.165) is 0 Å². The molecule has 1 heterocycles. The Morgan fingerprint density at radius 3 is 2.80 bits per heavy atom. The van der Waals surface area contributed by atoms with E-state index in [1.54, 1.807) is 0 Å². The second kappa shape index (κ2) is 5.81. The van der Waals surface area contributed by atoms with Crippen LogP contribution in [0.25, 0.3) is 0 Å². The summed E-state index contributed by atoms with van der Waals surface area (Å²) in [6.45, 7) is 6.47. The summed E-state index contributed by atoms with van der Waals surface area (Å²) in [6.07, 6.45) is 0.0423. The van der Waals surface area contributed by atoms with Gasteiger partial charge >= 0.3 is 0 Å². The number of hydrogen-bond donors (Lipinski definition) is 2. The van der Waals surface area contributed by atoms with Gasteiger partial charge in [-0.3, -0.25) is 4.79 Å². The van der Waals surface area contributed by atoms with Gasteiger partial charge in [-0.25, -0.2) is 0 Å². The Bertz CT molecular complexity index is 490. The average Bonchev–Trinajstić information content (AvgIpc) is 2.73. The molecular formula is C15H22N2O3. The molecule has 2 rings (SSSR count). The summed E-state index contributed by atoms with van der Waals surface area (Å²) in [5, 5.41) is 2.90. The molecule has 1 aromatic carbocycles. The highest BCUT2D eigenvalue weighted by atomic mass is 16.5. The summed E-state index contributed by atoms with van der Waals surface area (Å²) in [7, 11) is 0. The van der Waals surface area contributed by atoms with Gasteiger partial charge in [0.2, 0.25) is 5.91 Å². The van der Waals surface area contributed by atoms with E-state index in [9.17, 15) is 4.79 Å². The van der Waals surface area contributed by atoms with Gasteiger partial charge in [0.1, 0.15) is 5.75 Å². The molecule has 1 fully saturated rings. The minimum absolute atomic E-state index is 0.0423. The lowest BCUT2D eigenvalue weighted by Gasteiger charge is -2.26. The maximum atomic E-state index is 12.5. The highest BCUT2D eigenvalue weighted by Gasteiger charge is 2.44. The minimum atomic E-state index is -0.703. The summed E-state index contributed by atoms with van der Waals surface area (Å²) < 4.78 is 11.0. The predicted molar refractivity (Wildman–Crippen MR) is 77.7 cm³/mol. The fourth-order valence-corrected chi connectivity index (χ4v) is 2.11. The number of anilines is 1. The highest BCUT2D eigenvalue weighted by Crippen LogP contribution is 2.31. The summed E-state index contributed by atoms with van der Waals surface area (Å²) in [4.78, 5) is 12.5. The van der Waals surface area contributed by atoms with E-state index in [2.05, 4.69) is 5.32 Å². The normalized spacial score (nSPS) is 25.8. The third kappa shape index (κ3) is 2.94. The number of hydrogen-bond acceptors (Lipinski definition) is 4. The quantitative estimate of drug-likeness (QED) is 0.880. The summed E-state index contributed by atoms with van der Waals surface area (Å²) in [5.74, 6) is 0.522. The average molecular weight is 278 g/mol. The zero-order chi connectivity index (χ0) is 14.8. The number of ether oxygens (including phenoxy) is 2. The van der Waals surface area contributed by atoms with Crippen molar-refractivity contribution in [1.29, 1.82) is 0 Å². The van der Waals surface area contributed by atoms with Gasteiger partial charge in [-0.15, -0.1) is 0 Å². The van der Waals surface area contributed by atoms with Gasteiger partial charge in [0.25, 0.3) is 0 Å². The van der Waals surface area contributed by atoms with Crippen LogP contribution in [0.5, 0.6) is 5.75 Å². The number of benzene rings is 1. The van der Waals surface area contributed by atoms with Gasteiger partial charge in [-0.2, -0.15) is 0 Å². The van der Waals surface area contributed by atoms with Crippen LogP contribution in [0.1, 0.15) is 20.8 Å². The molecule has 1 aliphatic rings. The molecule has 1 amide bonds. The monoisotopic (exact) mass is 278 g/mol. The van der Waals surface area contributed by atoms with Crippen LogP contribution in [0.2, 0.25) is 0 Å². The molecular weight excluding hydrogens is 256 g/mol. The Labute approximate surface area is 119 Å². The number of amides is 1. The molecule has 2 unspecified atom stereocenters. The molecule has 5 nitrogen and oxygen atoms in total. The maximum absolute atomic E-state index is 12.5. The smallest absolute Gasteiger partial charge is 0.234 e. The Kier molecular flexibility index (Phi) is 4.30. The molecule has 110 valence electrons. The van der Waals surface area contributed by atoms with Gasteiger partial charge in [-0.1, -0.05) is 12.1 Å². The summed E-state index contributed by atoms with van der Waals surface area (Å²) in [6, 6.07) is 7.10. The highest BCUT2D eigenvalue weighted by molar-refractivity contribution is 5.97. The first-order valence-corrected chi connectivity index (χ1v) is 6.84. The zero-order valence-electron chi connectivity index (χ0n) is 12.2. The molecule has 20 heavy (non-hydrogen) atoms. The number of carbonyl (C=O) groups excluding carboxylic acids is 1. The van der Waals surface area contributed by atoms with Gasteiger partial charge in [0, 0.05) is 6.04 Å². The van der Waals surface area contributed by atoms with Crippen LogP contribution in [-0.4, -0.2) is 31.3 Å². The van der Waals surface area contributed by atoms with Crippen LogP contribution in [0.3, 0.4) is 0 Å². The largest absolute Gasteiger partial charge is 0.489 e. The molecule has 0 saturated carbocycles. The van der Waals surface area contributed by atoms with E-state index in [-0.39, 0.29) is 18.1 Å². The molecule has 0 radical (unpaired) electrons. The number of nitrogens with one attached hydrogen (secondary N) is 1. The lowest BCUT2D eigenvalue weighted by Crippen LogP contribution is -2.47. The van der Waals surface area contributed by atoms with Gasteiger partial charge in [0.15, 0.2) is 0 Å². The molecule has 1 aromatic rings. The topological polar surface area (TPSA) is 73.6 Å². The first-order valence-electron chi connectivity index (χ1n) is 6.84. The molecule has 0 spiro atoms. The molecule has 0 aliphatic carbocycles. The number of nitrogens with two attached hydrogens (primary N) is 1. The van der Waals surface area contributed by atoms with Crippen LogP contribution in [0.4, 0.5) is 5.69 Å². The maximum Gasteiger partial charge on any atom is 0.234 e. The van der Waals surface area contributed by atoms with E-state index < -0.39 is 5.41 Å². The second-order valence-corrected chi connectivity index (χ2v) is 5.66. The van der Waals surface area contributed by atoms with Crippen LogP contribution < -0.4 is 15.8 Å². The summed E-state index contributed by atoms with van der Waals surface area (Å²) >= 11 is 0. The van der Waals surface area contributed by atoms with E-state index >= 15 is 0 Å². The molecule has 2 atom stereocenters. The first-order chi connectivity index (χ1) is 9.43. The fourth-order valence-electron chi connectivity index (χ4n) is 2.11. The van der Waals surface area contributed by atoms with Crippen LogP contribution in [-0.2, 0) is 9.53 Å². The second-order valence-electron chi connectivity index (χ2n) is 5.66. The third-order valence-electron chi connectivity index (χ3n) is 3.53. The van der Waals surface area contributed by atoms with Crippen molar-refractivity contribution in [3.05, 3.63) is 24.3 Å². The van der Waals surface area contributed by atoms with Crippen molar-refractivity contribution < 1.29 is 14.3 Å². The van der Waals surface area contributed by atoms with E-state index in [1.807, 2.05) is 45.0 Å². The lowest BCUT2D eigenvalue weighted by molar-refractivity contribution is -0.125.